The van der Waals surface area contributed by atoms with Crippen LogP contribution in [0.4, 0.5) is 0 Å². The molecule has 4 rings (SSSR count). The molecule has 2 N–H and O–H groups in total. The average molecular weight is 460 g/mol. The molecule has 0 heterocycles. The molecule has 0 amide bonds. The van der Waals surface area contributed by atoms with Crippen molar-refractivity contribution in [2.24, 2.45) is 5.73 Å². The van der Waals surface area contributed by atoms with Gasteiger partial charge in [-0.2, -0.15) is 0 Å². The van der Waals surface area contributed by atoms with Crippen molar-refractivity contribution < 1.29 is 4.74 Å². The standard InChI is InChI=1S/C27H26BrNO/c28-25-16-17-27(29,19-22-12-6-2-7-13-22)26(30-20-23-14-8-3-9-15-23)24(25)18-21-10-4-1-5-11-21/h1-17,26H,18-20,29H2. The van der Waals surface area contributed by atoms with E-state index in [0.29, 0.717) is 13.0 Å². The third kappa shape index (κ3) is 4.99. The van der Waals surface area contributed by atoms with Gasteiger partial charge in [0.15, 0.2) is 0 Å². The van der Waals surface area contributed by atoms with Gasteiger partial charge in [-0.1, -0.05) is 113 Å². The van der Waals surface area contributed by atoms with Crippen molar-refractivity contribution in [3.63, 3.8) is 0 Å². The van der Waals surface area contributed by atoms with Crippen molar-refractivity contribution in [2.75, 3.05) is 0 Å². The van der Waals surface area contributed by atoms with E-state index in [-0.39, 0.29) is 6.10 Å². The highest BCUT2D eigenvalue weighted by atomic mass is 79.9. The topological polar surface area (TPSA) is 35.2 Å². The number of rotatable bonds is 7. The van der Waals surface area contributed by atoms with Crippen LogP contribution in [0.25, 0.3) is 0 Å². The zero-order valence-electron chi connectivity index (χ0n) is 16.9. The fourth-order valence-corrected chi connectivity index (χ4v) is 4.46. The van der Waals surface area contributed by atoms with Crippen LogP contribution >= 0.6 is 15.9 Å². The van der Waals surface area contributed by atoms with Crippen molar-refractivity contribution >= 4 is 15.9 Å². The molecule has 2 nitrogen and oxygen atoms in total. The van der Waals surface area contributed by atoms with E-state index >= 15 is 0 Å². The van der Waals surface area contributed by atoms with E-state index < -0.39 is 5.54 Å². The van der Waals surface area contributed by atoms with Crippen LogP contribution in [0.2, 0.25) is 0 Å². The molecule has 1 aliphatic rings. The zero-order valence-corrected chi connectivity index (χ0v) is 18.5. The Hall–Kier alpha value is -2.46. The highest BCUT2D eigenvalue weighted by molar-refractivity contribution is 9.11. The van der Waals surface area contributed by atoms with Gasteiger partial charge in [-0.15, -0.1) is 0 Å². The largest absolute Gasteiger partial charge is 0.367 e. The Morgan fingerprint density at radius 3 is 1.90 bits per heavy atom. The molecule has 30 heavy (non-hydrogen) atoms. The second kappa shape index (κ2) is 9.57. The highest BCUT2D eigenvalue weighted by Gasteiger charge is 2.39. The first kappa shape index (κ1) is 20.8. The Morgan fingerprint density at radius 2 is 1.30 bits per heavy atom. The summed E-state index contributed by atoms with van der Waals surface area (Å²) in [4.78, 5) is 0. The molecular formula is C27H26BrNO. The number of hydrogen-bond acceptors (Lipinski definition) is 2. The van der Waals surface area contributed by atoms with Gasteiger partial charge in [-0.3, -0.25) is 0 Å². The molecule has 3 heteroatoms. The predicted molar refractivity (Wildman–Crippen MR) is 127 cm³/mol. The van der Waals surface area contributed by atoms with E-state index in [2.05, 4.69) is 88.7 Å². The summed E-state index contributed by atoms with van der Waals surface area (Å²) in [5.74, 6) is 0. The lowest BCUT2D eigenvalue weighted by Gasteiger charge is -2.40. The lowest BCUT2D eigenvalue weighted by molar-refractivity contribution is 0.0237. The van der Waals surface area contributed by atoms with Gasteiger partial charge < -0.3 is 10.5 Å². The molecule has 3 aromatic rings. The molecule has 0 fully saturated rings. The summed E-state index contributed by atoms with van der Waals surface area (Å²) < 4.78 is 7.60. The van der Waals surface area contributed by atoms with Crippen LogP contribution in [0, 0.1) is 0 Å². The van der Waals surface area contributed by atoms with Crippen molar-refractivity contribution in [3.05, 3.63) is 130 Å². The Kier molecular flexibility index (Phi) is 6.63. The fraction of sp³-hybridized carbons (Fsp3) is 0.185. The van der Waals surface area contributed by atoms with Gasteiger partial charge in [0.1, 0.15) is 6.10 Å². The van der Waals surface area contributed by atoms with Crippen molar-refractivity contribution in [1.82, 2.24) is 0 Å². The molecule has 0 aliphatic heterocycles. The maximum Gasteiger partial charge on any atom is 0.102 e. The number of benzene rings is 3. The van der Waals surface area contributed by atoms with Gasteiger partial charge in [-0.25, -0.2) is 0 Å². The Morgan fingerprint density at radius 1 is 0.767 bits per heavy atom. The minimum Gasteiger partial charge on any atom is -0.367 e. The molecule has 3 aromatic carbocycles. The Bertz CT molecular complexity index is 1010. The molecule has 0 spiro atoms. The van der Waals surface area contributed by atoms with Crippen LogP contribution in [0.1, 0.15) is 16.7 Å². The third-order valence-electron chi connectivity index (χ3n) is 5.50. The molecule has 0 saturated heterocycles. The van der Waals surface area contributed by atoms with Gasteiger partial charge in [0.2, 0.25) is 0 Å². The zero-order chi connectivity index (χ0) is 20.8. The van der Waals surface area contributed by atoms with Crippen LogP contribution in [-0.4, -0.2) is 11.6 Å². The Labute approximate surface area is 187 Å². The maximum absolute atomic E-state index is 7.04. The van der Waals surface area contributed by atoms with Crippen LogP contribution in [-0.2, 0) is 24.2 Å². The first-order chi connectivity index (χ1) is 14.6. The molecule has 152 valence electrons. The van der Waals surface area contributed by atoms with Gasteiger partial charge >= 0.3 is 0 Å². The van der Waals surface area contributed by atoms with E-state index in [0.717, 1.165) is 16.5 Å². The summed E-state index contributed by atoms with van der Waals surface area (Å²) in [6.45, 7) is 0.520. The maximum atomic E-state index is 7.04. The molecule has 0 aromatic heterocycles. The fourth-order valence-electron chi connectivity index (χ4n) is 3.98. The van der Waals surface area contributed by atoms with Crippen molar-refractivity contribution in [3.8, 4) is 0 Å². The monoisotopic (exact) mass is 459 g/mol. The van der Waals surface area contributed by atoms with Crippen LogP contribution in [0.15, 0.2) is 113 Å². The van der Waals surface area contributed by atoms with Gasteiger partial charge in [0.25, 0.3) is 0 Å². The van der Waals surface area contributed by atoms with E-state index in [1.807, 2.05) is 30.3 Å². The Balaban J connectivity index is 1.65. The summed E-state index contributed by atoms with van der Waals surface area (Å²) in [6, 6.07) is 31.1. The van der Waals surface area contributed by atoms with E-state index in [1.54, 1.807) is 0 Å². The minimum absolute atomic E-state index is 0.238. The lowest BCUT2D eigenvalue weighted by atomic mass is 9.78. The van der Waals surface area contributed by atoms with Crippen LogP contribution in [0.3, 0.4) is 0 Å². The molecule has 2 unspecified atom stereocenters. The summed E-state index contributed by atoms with van der Waals surface area (Å²) in [5, 5.41) is 0. The SMILES string of the molecule is NC1(Cc2ccccc2)C=CC(Br)=C(Cc2ccccc2)C1OCc1ccccc1. The number of hydrogen-bond donors (Lipinski definition) is 1. The summed E-state index contributed by atoms with van der Waals surface area (Å²) in [7, 11) is 0. The minimum atomic E-state index is -0.627. The smallest absolute Gasteiger partial charge is 0.102 e. The summed E-state index contributed by atoms with van der Waals surface area (Å²) >= 11 is 3.77. The number of halogens is 1. The highest BCUT2D eigenvalue weighted by Crippen LogP contribution is 2.36. The number of allylic oxidation sites excluding steroid dienone is 2. The number of nitrogens with two attached hydrogens (primary N) is 1. The van der Waals surface area contributed by atoms with Crippen molar-refractivity contribution in [1.29, 1.82) is 0 Å². The quantitative estimate of drug-likeness (QED) is 0.471. The van der Waals surface area contributed by atoms with E-state index in [4.69, 9.17) is 10.5 Å². The third-order valence-corrected chi connectivity index (χ3v) is 6.28. The molecular weight excluding hydrogens is 434 g/mol. The van der Waals surface area contributed by atoms with E-state index in [9.17, 15) is 0 Å². The second-order valence-electron chi connectivity index (χ2n) is 7.82. The van der Waals surface area contributed by atoms with E-state index in [1.165, 1.54) is 16.7 Å². The first-order valence-corrected chi connectivity index (χ1v) is 11.0. The number of ether oxygens (including phenoxy) is 1. The first-order valence-electron chi connectivity index (χ1n) is 10.2. The lowest BCUT2D eigenvalue weighted by Crippen LogP contribution is -2.54. The molecule has 0 saturated carbocycles. The predicted octanol–water partition coefficient (Wildman–Crippen LogP) is 5.97. The van der Waals surface area contributed by atoms with Crippen LogP contribution in [0.5, 0.6) is 0 Å². The molecule has 2 atom stereocenters. The van der Waals surface area contributed by atoms with Gasteiger partial charge in [0, 0.05) is 4.48 Å². The van der Waals surface area contributed by atoms with Gasteiger partial charge in [0.05, 0.1) is 12.1 Å². The molecule has 0 radical (unpaired) electrons. The second-order valence-corrected chi connectivity index (χ2v) is 8.67. The molecule has 1 aliphatic carbocycles. The normalized spacial score (nSPS) is 21.1. The van der Waals surface area contributed by atoms with Crippen LogP contribution < -0.4 is 5.73 Å². The molecule has 0 bridgehead atoms. The summed E-state index contributed by atoms with van der Waals surface area (Å²) in [6.07, 6.45) is 5.44. The average Bonchev–Trinajstić information content (AvgIpc) is 2.78. The van der Waals surface area contributed by atoms with Crippen molar-refractivity contribution in [2.45, 2.75) is 31.1 Å². The van der Waals surface area contributed by atoms with Gasteiger partial charge in [-0.05, 0) is 41.2 Å². The summed E-state index contributed by atoms with van der Waals surface area (Å²) in [5.41, 5.74) is 11.2.